The van der Waals surface area contributed by atoms with Crippen LogP contribution in [-0.4, -0.2) is 43.1 Å². The van der Waals surface area contributed by atoms with Gasteiger partial charge >= 0.3 is 5.97 Å². The topological polar surface area (TPSA) is 55.8 Å². The van der Waals surface area contributed by atoms with E-state index in [1.165, 1.54) is 13.5 Å². The van der Waals surface area contributed by atoms with E-state index in [2.05, 4.69) is 6.92 Å². The number of carbonyl (C=O) groups excluding carboxylic acids is 2. The van der Waals surface area contributed by atoms with Gasteiger partial charge in [-0.25, -0.2) is 0 Å². The summed E-state index contributed by atoms with van der Waals surface area (Å²) in [4.78, 5) is 26.5. The summed E-state index contributed by atoms with van der Waals surface area (Å²) < 4.78 is 10.2. The van der Waals surface area contributed by atoms with Crippen LogP contribution >= 0.6 is 0 Å². The smallest absolute Gasteiger partial charge is 0.307 e. The van der Waals surface area contributed by atoms with Crippen molar-refractivity contribution in [3.05, 3.63) is 29.8 Å². The summed E-state index contributed by atoms with van der Waals surface area (Å²) in [5.74, 6) is 1.09. The lowest BCUT2D eigenvalue weighted by molar-refractivity contribution is -0.142. The number of amides is 1. The molecule has 2 rings (SSSR count). The Morgan fingerprint density at radius 1 is 1.15 bits per heavy atom. The van der Waals surface area contributed by atoms with Crippen molar-refractivity contribution in [1.82, 2.24) is 4.90 Å². The molecule has 5 nitrogen and oxygen atoms in total. The molecule has 5 heteroatoms. The number of ether oxygens (including phenoxy) is 2. The SMILES string of the molecule is CCOc1ccc(CC(=O)N(CCC(=O)OC)C2CCCCC2C)cc1. The summed E-state index contributed by atoms with van der Waals surface area (Å²) in [5, 5.41) is 0. The Balaban J connectivity index is 2.06. The maximum atomic E-state index is 13.0. The van der Waals surface area contributed by atoms with E-state index in [-0.39, 0.29) is 24.3 Å². The van der Waals surface area contributed by atoms with Crippen LogP contribution in [0.3, 0.4) is 0 Å². The van der Waals surface area contributed by atoms with E-state index < -0.39 is 0 Å². The number of methoxy groups -OCH3 is 1. The van der Waals surface area contributed by atoms with Gasteiger partial charge < -0.3 is 14.4 Å². The zero-order valence-electron chi connectivity index (χ0n) is 16.2. The van der Waals surface area contributed by atoms with Gasteiger partial charge in [0.25, 0.3) is 0 Å². The van der Waals surface area contributed by atoms with Gasteiger partial charge in [-0.1, -0.05) is 31.9 Å². The first kappa shape index (κ1) is 20.3. The Morgan fingerprint density at radius 3 is 2.46 bits per heavy atom. The second-order valence-electron chi connectivity index (χ2n) is 7.00. The Bertz CT molecular complexity index is 584. The molecule has 0 aliphatic heterocycles. The third-order valence-corrected chi connectivity index (χ3v) is 5.16. The number of nitrogens with zero attached hydrogens (tertiary/aromatic N) is 1. The van der Waals surface area contributed by atoms with E-state index in [0.29, 0.717) is 25.5 Å². The highest BCUT2D eigenvalue weighted by molar-refractivity contribution is 5.80. The van der Waals surface area contributed by atoms with Gasteiger partial charge in [0.05, 0.1) is 26.6 Å². The van der Waals surface area contributed by atoms with Crippen LogP contribution in [-0.2, 0) is 20.7 Å². The summed E-state index contributed by atoms with van der Waals surface area (Å²) in [6.07, 6.45) is 5.09. The Hall–Kier alpha value is -2.04. The number of carbonyl (C=O) groups is 2. The lowest BCUT2D eigenvalue weighted by atomic mass is 9.84. The Morgan fingerprint density at radius 2 is 1.85 bits per heavy atom. The standard InChI is InChI=1S/C21H31NO4/c1-4-26-18-11-9-17(10-12-18)15-20(23)22(14-13-21(24)25-3)19-8-6-5-7-16(19)2/h9-12,16,19H,4-8,13-15H2,1-3H3. The van der Waals surface area contributed by atoms with Crippen molar-refractivity contribution in [2.45, 2.75) is 58.4 Å². The number of rotatable bonds is 8. The van der Waals surface area contributed by atoms with Crippen molar-refractivity contribution < 1.29 is 19.1 Å². The highest BCUT2D eigenvalue weighted by Crippen LogP contribution is 2.29. The van der Waals surface area contributed by atoms with Crippen LogP contribution < -0.4 is 4.74 Å². The molecule has 0 aromatic heterocycles. The summed E-state index contributed by atoms with van der Waals surface area (Å²) in [5.41, 5.74) is 0.963. The van der Waals surface area contributed by atoms with Crippen LogP contribution in [0.2, 0.25) is 0 Å². The summed E-state index contributed by atoms with van der Waals surface area (Å²) in [6, 6.07) is 7.88. The van der Waals surface area contributed by atoms with Gasteiger partial charge in [-0.05, 0) is 43.4 Å². The van der Waals surface area contributed by atoms with Crippen LogP contribution in [0.15, 0.2) is 24.3 Å². The van der Waals surface area contributed by atoms with Crippen LogP contribution in [0, 0.1) is 5.92 Å². The van der Waals surface area contributed by atoms with E-state index in [1.807, 2.05) is 36.1 Å². The van der Waals surface area contributed by atoms with Crippen molar-refractivity contribution in [3.8, 4) is 5.75 Å². The number of hydrogen-bond acceptors (Lipinski definition) is 4. The first-order chi connectivity index (χ1) is 12.5. The first-order valence-corrected chi connectivity index (χ1v) is 9.63. The lowest BCUT2D eigenvalue weighted by Crippen LogP contribution is -2.46. The molecule has 0 heterocycles. The highest BCUT2D eigenvalue weighted by atomic mass is 16.5. The monoisotopic (exact) mass is 361 g/mol. The predicted molar refractivity (Wildman–Crippen MR) is 101 cm³/mol. The minimum absolute atomic E-state index is 0.0804. The summed E-state index contributed by atoms with van der Waals surface area (Å²) in [7, 11) is 1.39. The molecule has 1 aliphatic carbocycles. The molecule has 1 saturated carbocycles. The van der Waals surface area contributed by atoms with E-state index in [1.54, 1.807) is 0 Å². The van der Waals surface area contributed by atoms with E-state index in [4.69, 9.17) is 9.47 Å². The van der Waals surface area contributed by atoms with Gasteiger partial charge in [-0.3, -0.25) is 9.59 Å². The molecule has 2 unspecified atom stereocenters. The van der Waals surface area contributed by atoms with Crippen molar-refractivity contribution in [3.63, 3.8) is 0 Å². The minimum Gasteiger partial charge on any atom is -0.494 e. The zero-order chi connectivity index (χ0) is 18.9. The van der Waals surface area contributed by atoms with Gasteiger partial charge in [0.1, 0.15) is 5.75 Å². The molecule has 1 amide bonds. The molecule has 0 bridgehead atoms. The minimum atomic E-state index is -0.271. The molecule has 0 saturated heterocycles. The largest absolute Gasteiger partial charge is 0.494 e. The van der Waals surface area contributed by atoms with Crippen molar-refractivity contribution in [2.75, 3.05) is 20.3 Å². The Labute approximate surface area is 156 Å². The quantitative estimate of drug-likeness (QED) is 0.664. The van der Waals surface area contributed by atoms with E-state index in [0.717, 1.165) is 30.6 Å². The molecule has 26 heavy (non-hydrogen) atoms. The van der Waals surface area contributed by atoms with Crippen LogP contribution in [0.25, 0.3) is 0 Å². The van der Waals surface area contributed by atoms with Gasteiger partial charge in [0.2, 0.25) is 5.91 Å². The fourth-order valence-electron chi connectivity index (χ4n) is 3.70. The fraction of sp³-hybridized carbons (Fsp3) is 0.619. The van der Waals surface area contributed by atoms with Gasteiger partial charge in [-0.2, -0.15) is 0 Å². The molecule has 144 valence electrons. The average Bonchev–Trinajstić information content (AvgIpc) is 2.65. The third kappa shape index (κ3) is 5.75. The van der Waals surface area contributed by atoms with Crippen molar-refractivity contribution >= 4 is 11.9 Å². The fourth-order valence-corrected chi connectivity index (χ4v) is 3.70. The van der Waals surface area contributed by atoms with Crippen LogP contribution in [0.4, 0.5) is 0 Å². The first-order valence-electron chi connectivity index (χ1n) is 9.63. The average molecular weight is 361 g/mol. The lowest BCUT2D eigenvalue weighted by Gasteiger charge is -2.38. The number of esters is 1. The molecule has 1 aliphatic rings. The van der Waals surface area contributed by atoms with Gasteiger partial charge in [0, 0.05) is 12.6 Å². The van der Waals surface area contributed by atoms with Crippen molar-refractivity contribution in [1.29, 1.82) is 0 Å². The predicted octanol–water partition coefficient (Wildman–Crippen LogP) is 3.60. The van der Waals surface area contributed by atoms with E-state index in [9.17, 15) is 9.59 Å². The molecule has 0 N–H and O–H groups in total. The number of benzene rings is 1. The second kappa shape index (κ2) is 10.2. The van der Waals surface area contributed by atoms with E-state index >= 15 is 0 Å². The zero-order valence-corrected chi connectivity index (χ0v) is 16.2. The third-order valence-electron chi connectivity index (χ3n) is 5.16. The maximum Gasteiger partial charge on any atom is 0.307 e. The summed E-state index contributed by atoms with van der Waals surface area (Å²) >= 11 is 0. The molecule has 2 atom stereocenters. The van der Waals surface area contributed by atoms with Crippen molar-refractivity contribution in [2.24, 2.45) is 5.92 Å². The summed E-state index contributed by atoms with van der Waals surface area (Å²) in [6.45, 7) is 5.21. The van der Waals surface area contributed by atoms with Gasteiger partial charge in [-0.15, -0.1) is 0 Å². The molecule has 1 aromatic rings. The number of hydrogen-bond donors (Lipinski definition) is 0. The van der Waals surface area contributed by atoms with Crippen LogP contribution in [0.1, 0.15) is 51.5 Å². The molecular formula is C21H31NO4. The molecule has 0 radical (unpaired) electrons. The molecule has 1 fully saturated rings. The van der Waals surface area contributed by atoms with Crippen LogP contribution in [0.5, 0.6) is 5.75 Å². The molecule has 1 aromatic carbocycles. The van der Waals surface area contributed by atoms with Gasteiger partial charge in [0.15, 0.2) is 0 Å². The molecule has 0 spiro atoms. The molecular weight excluding hydrogens is 330 g/mol. The Kier molecular flexibility index (Phi) is 7.95. The second-order valence-corrected chi connectivity index (χ2v) is 7.00. The highest BCUT2D eigenvalue weighted by Gasteiger charge is 2.30. The normalized spacial score (nSPS) is 19.7. The maximum absolute atomic E-state index is 13.0.